The Morgan fingerprint density at radius 3 is 3.00 bits per heavy atom. The van der Waals surface area contributed by atoms with Crippen molar-refractivity contribution in [2.24, 2.45) is 0 Å². The first-order valence-electron chi connectivity index (χ1n) is 4.94. The normalized spacial score (nSPS) is 10.4. The van der Waals surface area contributed by atoms with Crippen LogP contribution in [0.2, 0.25) is 0 Å². The Labute approximate surface area is 97.4 Å². The Bertz CT molecular complexity index is 536. The lowest BCUT2D eigenvalue weighted by molar-refractivity contribution is 0.0690. The lowest BCUT2D eigenvalue weighted by Gasteiger charge is -2.03. The summed E-state index contributed by atoms with van der Waals surface area (Å²) in [6.45, 7) is 0.494. The van der Waals surface area contributed by atoms with Crippen molar-refractivity contribution >= 4 is 5.97 Å². The molecule has 0 bridgehead atoms. The summed E-state index contributed by atoms with van der Waals surface area (Å²) in [5, 5.41) is 16.1. The first-order chi connectivity index (χ1) is 8.20. The maximum atomic E-state index is 10.7. The summed E-state index contributed by atoms with van der Waals surface area (Å²) in [5.41, 5.74) is 1.65. The zero-order valence-electron chi connectivity index (χ0n) is 9.20. The number of carboxylic acids is 1. The van der Waals surface area contributed by atoms with E-state index in [0.717, 1.165) is 11.3 Å². The van der Waals surface area contributed by atoms with Gasteiger partial charge in [-0.25, -0.2) is 9.48 Å². The molecule has 0 fully saturated rings. The Balaban J connectivity index is 2.31. The van der Waals surface area contributed by atoms with Crippen LogP contribution in [0.3, 0.4) is 0 Å². The Kier molecular flexibility index (Phi) is 3.15. The molecule has 2 rings (SSSR count). The standard InChI is InChI=1S/C11H11N3O3/c1-17-7-8-3-2-4-9(5-8)14-6-10(11(15)16)12-13-14/h2-6H,7H2,1H3,(H,15,16). The third kappa shape index (κ3) is 2.48. The van der Waals surface area contributed by atoms with Crippen LogP contribution >= 0.6 is 0 Å². The number of carbonyl (C=O) groups is 1. The minimum absolute atomic E-state index is 0.0813. The van der Waals surface area contributed by atoms with Crippen LogP contribution < -0.4 is 0 Å². The van der Waals surface area contributed by atoms with Crippen molar-refractivity contribution in [1.82, 2.24) is 15.0 Å². The van der Waals surface area contributed by atoms with Gasteiger partial charge < -0.3 is 9.84 Å². The summed E-state index contributed by atoms with van der Waals surface area (Å²) in [7, 11) is 1.62. The largest absolute Gasteiger partial charge is 0.476 e. The van der Waals surface area contributed by atoms with Gasteiger partial charge >= 0.3 is 5.97 Å². The van der Waals surface area contributed by atoms with E-state index in [-0.39, 0.29) is 5.69 Å². The second-order valence-electron chi connectivity index (χ2n) is 3.46. The third-order valence-corrected chi connectivity index (χ3v) is 2.20. The number of hydrogen-bond donors (Lipinski definition) is 1. The van der Waals surface area contributed by atoms with E-state index in [1.807, 2.05) is 24.3 Å². The molecule has 1 heterocycles. The monoisotopic (exact) mass is 233 g/mol. The molecule has 2 aromatic rings. The molecule has 1 aromatic carbocycles. The molecule has 0 amide bonds. The van der Waals surface area contributed by atoms with E-state index in [0.29, 0.717) is 6.61 Å². The number of carboxylic acid groups (broad SMARTS) is 1. The third-order valence-electron chi connectivity index (χ3n) is 2.20. The van der Waals surface area contributed by atoms with Gasteiger partial charge in [-0.15, -0.1) is 5.10 Å². The molecule has 0 aliphatic carbocycles. The first-order valence-corrected chi connectivity index (χ1v) is 4.94. The van der Waals surface area contributed by atoms with E-state index in [4.69, 9.17) is 9.84 Å². The van der Waals surface area contributed by atoms with E-state index in [1.54, 1.807) is 7.11 Å². The van der Waals surface area contributed by atoms with E-state index < -0.39 is 5.97 Å². The molecule has 0 saturated heterocycles. The molecule has 0 unspecified atom stereocenters. The fourth-order valence-corrected chi connectivity index (χ4v) is 1.44. The number of nitrogens with zero attached hydrogens (tertiary/aromatic N) is 3. The van der Waals surface area contributed by atoms with Crippen molar-refractivity contribution in [1.29, 1.82) is 0 Å². The average Bonchev–Trinajstić information content (AvgIpc) is 2.79. The maximum Gasteiger partial charge on any atom is 0.358 e. The van der Waals surface area contributed by atoms with Crippen molar-refractivity contribution in [3.05, 3.63) is 41.7 Å². The molecule has 0 atom stereocenters. The van der Waals surface area contributed by atoms with Crippen molar-refractivity contribution in [3.8, 4) is 5.69 Å². The number of rotatable bonds is 4. The van der Waals surface area contributed by atoms with Gasteiger partial charge in [0, 0.05) is 7.11 Å². The van der Waals surface area contributed by atoms with Crippen LogP contribution in [0.1, 0.15) is 16.1 Å². The van der Waals surface area contributed by atoms with Gasteiger partial charge in [-0.2, -0.15) is 0 Å². The number of methoxy groups -OCH3 is 1. The smallest absolute Gasteiger partial charge is 0.358 e. The second-order valence-corrected chi connectivity index (χ2v) is 3.46. The molecule has 1 N–H and O–H groups in total. The molecular weight excluding hydrogens is 222 g/mol. The summed E-state index contributed by atoms with van der Waals surface area (Å²) in [5.74, 6) is -1.09. The van der Waals surface area contributed by atoms with Gasteiger partial charge in [0.2, 0.25) is 0 Å². The van der Waals surface area contributed by atoms with Crippen LogP contribution in [0.25, 0.3) is 5.69 Å². The summed E-state index contributed by atoms with van der Waals surface area (Å²) in [6, 6.07) is 7.46. The second kappa shape index (κ2) is 4.75. The minimum Gasteiger partial charge on any atom is -0.476 e. The van der Waals surface area contributed by atoms with E-state index in [9.17, 15) is 4.79 Å². The van der Waals surface area contributed by atoms with Gasteiger partial charge in [0.15, 0.2) is 5.69 Å². The van der Waals surface area contributed by atoms with Crippen LogP contribution in [0.15, 0.2) is 30.5 Å². The summed E-state index contributed by atoms with van der Waals surface area (Å²) in [4.78, 5) is 10.7. The Morgan fingerprint density at radius 1 is 1.53 bits per heavy atom. The highest BCUT2D eigenvalue weighted by Crippen LogP contribution is 2.10. The first kappa shape index (κ1) is 11.3. The summed E-state index contributed by atoms with van der Waals surface area (Å²) < 4.78 is 6.44. The number of hydrogen-bond acceptors (Lipinski definition) is 4. The van der Waals surface area contributed by atoms with Gasteiger partial charge in [-0.1, -0.05) is 17.3 Å². The Morgan fingerprint density at radius 2 is 2.35 bits per heavy atom. The van der Waals surface area contributed by atoms with Crippen LogP contribution in [0.5, 0.6) is 0 Å². The highest BCUT2D eigenvalue weighted by atomic mass is 16.5. The Hall–Kier alpha value is -2.21. The lowest BCUT2D eigenvalue weighted by atomic mass is 10.2. The topological polar surface area (TPSA) is 77.2 Å². The van der Waals surface area contributed by atoms with Crippen LogP contribution in [0, 0.1) is 0 Å². The van der Waals surface area contributed by atoms with Gasteiger partial charge in [-0.3, -0.25) is 0 Å². The molecule has 6 nitrogen and oxygen atoms in total. The van der Waals surface area contributed by atoms with Gasteiger partial charge in [-0.05, 0) is 17.7 Å². The zero-order chi connectivity index (χ0) is 12.3. The van der Waals surface area contributed by atoms with Crippen molar-refractivity contribution < 1.29 is 14.6 Å². The molecule has 0 aliphatic heterocycles. The summed E-state index contributed by atoms with van der Waals surface area (Å²) >= 11 is 0. The molecule has 17 heavy (non-hydrogen) atoms. The number of benzene rings is 1. The molecule has 0 spiro atoms. The van der Waals surface area contributed by atoms with Crippen LogP contribution in [-0.4, -0.2) is 33.2 Å². The quantitative estimate of drug-likeness (QED) is 0.855. The molecule has 0 aliphatic rings. The fraction of sp³-hybridized carbons (Fsp3) is 0.182. The van der Waals surface area contributed by atoms with Crippen molar-refractivity contribution in [2.75, 3.05) is 7.11 Å². The van der Waals surface area contributed by atoms with E-state index >= 15 is 0 Å². The molecular formula is C11H11N3O3. The molecule has 6 heteroatoms. The van der Waals surface area contributed by atoms with Crippen LogP contribution in [0.4, 0.5) is 0 Å². The van der Waals surface area contributed by atoms with Gasteiger partial charge in [0.25, 0.3) is 0 Å². The highest BCUT2D eigenvalue weighted by Gasteiger charge is 2.09. The fourth-order valence-electron chi connectivity index (χ4n) is 1.44. The van der Waals surface area contributed by atoms with Crippen LogP contribution in [-0.2, 0) is 11.3 Å². The maximum absolute atomic E-state index is 10.7. The number of aromatic carboxylic acids is 1. The lowest BCUT2D eigenvalue weighted by Crippen LogP contribution is -1.97. The zero-order valence-corrected chi connectivity index (χ0v) is 9.20. The molecule has 0 saturated carbocycles. The number of aromatic nitrogens is 3. The van der Waals surface area contributed by atoms with E-state index in [2.05, 4.69) is 10.3 Å². The highest BCUT2D eigenvalue weighted by molar-refractivity contribution is 5.84. The van der Waals surface area contributed by atoms with Gasteiger partial charge in [0.1, 0.15) is 0 Å². The average molecular weight is 233 g/mol. The predicted octanol–water partition coefficient (Wildman–Crippen LogP) is 1.11. The molecule has 0 radical (unpaired) electrons. The van der Waals surface area contributed by atoms with Crippen molar-refractivity contribution in [3.63, 3.8) is 0 Å². The van der Waals surface area contributed by atoms with E-state index in [1.165, 1.54) is 10.9 Å². The SMILES string of the molecule is COCc1cccc(-n2cc(C(=O)O)nn2)c1. The van der Waals surface area contributed by atoms with Gasteiger partial charge in [0.05, 0.1) is 18.5 Å². The summed E-state index contributed by atoms with van der Waals surface area (Å²) in [6.07, 6.45) is 1.37. The molecule has 1 aromatic heterocycles. The molecule has 88 valence electrons. The van der Waals surface area contributed by atoms with Crippen molar-refractivity contribution in [2.45, 2.75) is 6.61 Å². The predicted molar refractivity (Wildman–Crippen MR) is 59.0 cm³/mol. The minimum atomic E-state index is -1.09. The number of ether oxygens (including phenoxy) is 1.